The van der Waals surface area contributed by atoms with E-state index in [2.05, 4.69) is 13.8 Å². The van der Waals surface area contributed by atoms with Gasteiger partial charge in [-0.05, 0) is 38.5 Å². The molecular weight excluding hydrogens is 709 g/mol. The van der Waals surface area contributed by atoms with Crippen molar-refractivity contribution in [2.24, 2.45) is 0 Å². The molecule has 0 saturated carbocycles. The Labute approximate surface area is 321 Å². The minimum atomic E-state index is -0.254. The van der Waals surface area contributed by atoms with Crippen molar-refractivity contribution in [1.82, 2.24) is 9.80 Å². The van der Waals surface area contributed by atoms with E-state index in [1.807, 2.05) is 0 Å². The Morgan fingerprint density at radius 2 is 0.820 bits per heavy atom. The van der Waals surface area contributed by atoms with Crippen molar-refractivity contribution >= 4 is 80.4 Å². The van der Waals surface area contributed by atoms with Crippen LogP contribution in [0.4, 0.5) is 0 Å². The van der Waals surface area contributed by atoms with Crippen molar-refractivity contribution in [3.8, 4) is 0 Å². The lowest BCUT2D eigenvalue weighted by atomic mass is 10.1. The fourth-order valence-electron chi connectivity index (χ4n) is 5.88. The summed E-state index contributed by atoms with van der Waals surface area (Å²) in [7, 11) is 0. The van der Waals surface area contributed by atoms with E-state index in [0.29, 0.717) is 83.3 Å². The van der Waals surface area contributed by atoms with Gasteiger partial charge >= 0.3 is 11.9 Å². The molecule has 50 heavy (non-hydrogen) atoms. The Kier molecular flexibility index (Phi) is 25.1. The van der Waals surface area contributed by atoms with Gasteiger partial charge in [0.2, 0.25) is 0 Å². The number of esters is 2. The number of carbonyl (C=O) groups excluding carboxylic acids is 4. The lowest BCUT2D eigenvalue weighted by Gasteiger charge is -2.14. The second-order valence-corrected chi connectivity index (χ2v) is 16.6. The molecule has 0 radical (unpaired) electrons. The third-order valence-corrected chi connectivity index (χ3v) is 12.0. The third-order valence-electron chi connectivity index (χ3n) is 8.95. The Hall–Kier alpha value is -1.50. The van der Waals surface area contributed by atoms with Crippen LogP contribution in [-0.2, 0) is 28.7 Å². The highest BCUT2D eigenvalue weighted by Gasteiger charge is 2.41. The Morgan fingerprint density at radius 1 is 0.500 bits per heavy atom. The molecule has 2 aliphatic heterocycles. The number of hydrogen-bond acceptors (Lipinski definition) is 10. The van der Waals surface area contributed by atoms with Crippen LogP contribution in [0.15, 0.2) is 9.81 Å². The predicted octanol–water partition coefficient (Wildman–Crippen LogP) is 10.4. The zero-order valence-corrected chi connectivity index (χ0v) is 34.0. The molecule has 0 aromatic rings. The van der Waals surface area contributed by atoms with Gasteiger partial charge in [-0.15, -0.1) is 0 Å². The van der Waals surface area contributed by atoms with E-state index < -0.39 is 0 Å². The van der Waals surface area contributed by atoms with E-state index >= 15 is 0 Å². The van der Waals surface area contributed by atoms with Crippen LogP contribution in [0, 0.1) is 0 Å². The van der Waals surface area contributed by atoms with Crippen LogP contribution in [0.1, 0.15) is 168 Å². The Bertz CT molecular complexity index is 1030. The fraction of sp³-hybridized carbons (Fsp3) is 0.789. The Morgan fingerprint density at radius 3 is 1.18 bits per heavy atom. The molecule has 8 nitrogen and oxygen atoms in total. The van der Waals surface area contributed by atoms with Crippen molar-refractivity contribution in [2.75, 3.05) is 26.3 Å². The molecule has 0 N–H and O–H groups in total. The van der Waals surface area contributed by atoms with Crippen LogP contribution < -0.4 is 0 Å². The summed E-state index contributed by atoms with van der Waals surface area (Å²) in [6, 6.07) is 0. The van der Waals surface area contributed by atoms with Gasteiger partial charge in [-0.3, -0.25) is 29.0 Å². The van der Waals surface area contributed by atoms with Crippen LogP contribution in [0.2, 0.25) is 0 Å². The molecule has 0 spiro atoms. The summed E-state index contributed by atoms with van der Waals surface area (Å²) in [4.78, 5) is 54.4. The van der Waals surface area contributed by atoms with Crippen LogP contribution in [0.3, 0.4) is 0 Å². The summed E-state index contributed by atoms with van der Waals surface area (Å²) in [5, 5.41) is 0. The number of rotatable bonds is 30. The summed E-state index contributed by atoms with van der Waals surface area (Å²) >= 11 is 13.3. The number of amides is 2. The standard InChI is InChI=1S/C38H62N2O6S4/c1-3-5-7-9-11-13-15-23-29-45-31(41)25-19-17-21-27-39-35(43)33(49-37(39)47)34-36(44)40(38(48)50-34)28-22-18-20-26-32(42)46-30-24-16-14-12-10-8-6-4-2/h3-30H2,1-2H3/b34-33+. The van der Waals surface area contributed by atoms with Gasteiger partial charge in [0, 0.05) is 25.9 Å². The molecule has 2 heterocycles. The van der Waals surface area contributed by atoms with Crippen LogP contribution in [0.25, 0.3) is 0 Å². The van der Waals surface area contributed by atoms with Gasteiger partial charge in [0.25, 0.3) is 11.8 Å². The zero-order chi connectivity index (χ0) is 36.4. The average molecular weight is 771 g/mol. The van der Waals surface area contributed by atoms with E-state index in [1.165, 1.54) is 77.0 Å². The summed E-state index contributed by atoms with van der Waals surface area (Å²) in [6.07, 6.45) is 24.5. The van der Waals surface area contributed by atoms with Gasteiger partial charge in [-0.2, -0.15) is 0 Å². The first-order chi connectivity index (χ1) is 24.3. The minimum Gasteiger partial charge on any atom is -0.466 e. The first kappa shape index (κ1) is 44.7. The molecule has 0 unspecified atom stereocenters. The number of thiocarbonyl (C=S) groups is 2. The smallest absolute Gasteiger partial charge is 0.305 e. The van der Waals surface area contributed by atoms with Gasteiger partial charge in [0.05, 0.1) is 23.0 Å². The summed E-state index contributed by atoms with van der Waals surface area (Å²) in [5.74, 6) is -0.827. The number of unbranched alkanes of at least 4 members (excludes halogenated alkanes) is 18. The number of carbonyl (C=O) groups is 4. The van der Waals surface area contributed by atoms with Crippen molar-refractivity contribution in [3.05, 3.63) is 9.81 Å². The quantitative estimate of drug-likeness (QED) is 0.0304. The second kappa shape index (κ2) is 28.1. The van der Waals surface area contributed by atoms with E-state index in [-0.39, 0.29) is 23.8 Å². The zero-order valence-electron chi connectivity index (χ0n) is 30.8. The SMILES string of the molecule is CCCCCCCCCCOC(=O)CCCCCN1C(=O)/C(=C2\SC(=S)N(CCCCCC(=O)OCCCCCCCCCC)C2=O)SC1=S. The van der Waals surface area contributed by atoms with Crippen molar-refractivity contribution < 1.29 is 28.7 Å². The van der Waals surface area contributed by atoms with Crippen LogP contribution in [-0.4, -0.2) is 68.5 Å². The van der Waals surface area contributed by atoms with Crippen LogP contribution >= 0.6 is 48.0 Å². The van der Waals surface area contributed by atoms with E-state index in [9.17, 15) is 19.2 Å². The summed E-state index contributed by atoms with van der Waals surface area (Å²) in [6.45, 7) is 6.33. The topological polar surface area (TPSA) is 93.2 Å². The molecule has 2 amide bonds. The van der Waals surface area contributed by atoms with E-state index in [1.54, 1.807) is 9.80 Å². The highest BCUT2D eigenvalue weighted by atomic mass is 32.2. The third kappa shape index (κ3) is 18.3. The van der Waals surface area contributed by atoms with Crippen molar-refractivity contribution in [3.63, 3.8) is 0 Å². The minimum absolute atomic E-state index is 0.160. The maximum atomic E-state index is 13.2. The van der Waals surface area contributed by atoms with E-state index in [4.69, 9.17) is 33.9 Å². The summed E-state index contributed by atoms with van der Waals surface area (Å²) in [5.41, 5.74) is 0. The van der Waals surface area contributed by atoms with Gasteiger partial charge in [-0.25, -0.2) is 0 Å². The number of hydrogen-bond donors (Lipinski definition) is 0. The molecule has 0 aromatic heterocycles. The average Bonchev–Trinajstić information content (AvgIpc) is 3.54. The normalized spacial score (nSPS) is 16.3. The van der Waals surface area contributed by atoms with Crippen molar-refractivity contribution in [2.45, 2.75) is 168 Å². The predicted molar refractivity (Wildman–Crippen MR) is 215 cm³/mol. The van der Waals surface area contributed by atoms with Gasteiger partial charge in [0.15, 0.2) is 0 Å². The number of thioether (sulfide) groups is 2. The largest absolute Gasteiger partial charge is 0.466 e. The monoisotopic (exact) mass is 770 g/mol. The molecular formula is C38H62N2O6S4. The van der Waals surface area contributed by atoms with Crippen molar-refractivity contribution in [1.29, 1.82) is 0 Å². The molecule has 0 bridgehead atoms. The van der Waals surface area contributed by atoms with E-state index in [0.717, 1.165) is 62.0 Å². The second-order valence-electron chi connectivity index (χ2n) is 13.3. The Balaban J connectivity index is 1.58. The molecule has 12 heteroatoms. The first-order valence-electron chi connectivity index (χ1n) is 19.4. The molecule has 2 fully saturated rings. The first-order valence-corrected chi connectivity index (χ1v) is 21.9. The maximum absolute atomic E-state index is 13.2. The van der Waals surface area contributed by atoms with Crippen LogP contribution in [0.5, 0.6) is 0 Å². The fourth-order valence-corrected chi connectivity index (χ4v) is 8.65. The molecule has 284 valence electrons. The number of ether oxygens (including phenoxy) is 2. The number of nitrogens with zero attached hydrogens (tertiary/aromatic N) is 2. The molecule has 0 aromatic carbocycles. The lowest BCUT2D eigenvalue weighted by Crippen LogP contribution is -2.31. The molecule has 2 saturated heterocycles. The van der Waals surface area contributed by atoms with Gasteiger partial charge < -0.3 is 9.47 Å². The lowest BCUT2D eigenvalue weighted by molar-refractivity contribution is -0.144. The highest BCUT2D eigenvalue weighted by molar-refractivity contribution is 8.29. The molecule has 0 atom stereocenters. The maximum Gasteiger partial charge on any atom is 0.305 e. The molecule has 2 rings (SSSR count). The molecule has 2 aliphatic rings. The summed E-state index contributed by atoms with van der Waals surface area (Å²) < 4.78 is 11.6. The highest BCUT2D eigenvalue weighted by Crippen LogP contribution is 2.42. The molecule has 0 aliphatic carbocycles. The van der Waals surface area contributed by atoms with Gasteiger partial charge in [-0.1, -0.05) is 165 Å². The van der Waals surface area contributed by atoms with Gasteiger partial charge in [0.1, 0.15) is 8.64 Å².